The monoisotopic (exact) mass is 433 g/mol. The first kappa shape index (κ1) is 19.4. The highest BCUT2D eigenvalue weighted by atomic mass is 32.2. The number of H-pyrrole nitrogens is 1. The number of nitrogens with one attached hydrogen (secondary N) is 1. The number of aromatic nitrogens is 3. The topological polar surface area (TPSA) is 90.2 Å². The van der Waals surface area contributed by atoms with E-state index in [0.717, 1.165) is 34.6 Å². The van der Waals surface area contributed by atoms with Crippen LogP contribution in [0.1, 0.15) is 16.8 Å². The summed E-state index contributed by atoms with van der Waals surface area (Å²) < 4.78 is 16.9. The molecule has 0 amide bonds. The second-order valence-corrected chi connectivity index (χ2v) is 7.97. The second kappa shape index (κ2) is 8.69. The van der Waals surface area contributed by atoms with Crippen molar-refractivity contribution in [3.05, 3.63) is 87.8 Å². The van der Waals surface area contributed by atoms with Gasteiger partial charge >= 0.3 is 0 Å². The van der Waals surface area contributed by atoms with Crippen LogP contribution in [0.2, 0.25) is 0 Å². The van der Waals surface area contributed by atoms with E-state index in [1.807, 2.05) is 48.5 Å². The van der Waals surface area contributed by atoms with Crippen molar-refractivity contribution in [1.29, 1.82) is 0 Å². The number of pyridine rings is 1. The van der Waals surface area contributed by atoms with Crippen molar-refractivity contribution in [1.82, 2.24) is 15.2 Å². The highest BCUT2D eigenvalue weighted by Gasteiger charge is 2.16. The van der Waals surface area contributed by atoms with Crippen LogP contribution >= 0.6 is 11.8 Å². The predicted molar refractivity (Wildman–Crippen MR) is 116 cm³/mol. The summed E-state index contributed by atoms with van der Waals surface area (Å²) in [6.07, 6.45) is 2.48. The molecule has 1 N–H and O–H groups in total. The summed E-state index contributed by atoms with van der Waals surface area (Å²) in [5, 5.41) is 8.68. The molecule has 0 bridgehead atoms. The third-order valence-electron chi connectivity index (χ3n) is 4.87. The summed E-state index contributed by atoms with van der Waals surface area (Å²) in [7, 11) is 0. The summed E-state index contributed by atoms with van der Waals surface area (Å²) in [4.78, 5) is 15.4. The molecule has 5 rings (SSSR count). The standard InChI is InChI=1S/C23H19N3O4S/c27-19-11-18(24-12-21(19)29-13-15-4-2-1-3-5-15)14-31-23-26-25-22(30-23)17-6-7-20-16(10-17)8-9-28-20/h1-7,10-12H,8-9,13-14H2,(H,24,27). The fourth-order valence-corrected chi connectivity index (χ4v) is 3.96. The van der Waals surface area contributed by atoms with Crippen molar-refractivity contribution < 1.29 is 13.9 Å². The molecule has 0 radical (unpaired) electrons. The molecule has 2 aromatic carbocycles. The molecule has 0 atom stereocenters. The van der Waals surface area contributed by atoms with E-state index >= 15 is 0 Å². The fraction of sp³-hybridized carbons (Fsp3) is 0.174. The minimum absolute atomic E-state index is 0.170. The number of rotatable bonds is 7. The van der Waals surface area contributed by atoms with Crippen LogP contribution in [0.3, 0.4) is 0 Å². The molecule has 0 saturated heterocycles. The van der Waals surface area contributed by atoms with E-state index in [1.54, 1.807) is 6.20 Å². The Kier molecular flexibility index (Phi) is 5.45. The molecule has 156 valence electrons. The van der Waals surface area contributed by atoms with Crippen LogP contribution in [0.25, 0.3) is 11.5 Å². The highest BCUT2D eigenvalue weighted by Crippen LogP contribution is 2.31. The molecule has 1 aliphatic heterocycles. The van der Waals surface area contributed by atoms with Gasteiger partial charge < -0.3 is 18.9 Å². The Labute approximate surface area is 182 Å². The van der Waals surface area contributed by atoms with Gasteiger partial charge in [0.1, 0.15) is 12.4 Å². The zero-order valence-corrected chi connectivity index (χ0v) is 17.4. The SMILES string of the molecule is O=c1cc(CSc2nnc(-c3ccc4c(c3)CCO4)o2)[nH]cc1OCc1ccccc1. The lowest BCUT2D eigenvalue weighted by Crippen LogP contribution is -2.09. The van der Waals surface area contributed by atoms with Crippen molar-refractivity contribution in [2.45, 2.75) is 24.0 Å². The van der Waals surface area contributed by atoms with Crippen LogP contribution in [0.4, 0.5) is 0 Å². The zero-order valence-electron chi connectivity index (χ0n) is 16.5. The van der Waals surface area contributed by atoms with Crippen molar-refractivity contribution >= 4 is 11.8 Å². The van der Waals surface area contributed by atoms with Crippen molar-refractivity contribution in [2.24, 2.45) is 0 Å². The van der Waals surface area contributed by atoms with E-state index in [-0.39, 0.29) is 5.43 Å². The van der Waals surface area contributed by atoms with Crippen molar-refractivity contribution in [3.8, 4) is 23.0 Å². The average molecular weight is 433 g/mol. The van der Waals surface area contributed by atoms with E-state index < -0.39 is 0 Å². The Hall–Kier alpha value is -3.52. The maximum Gasteiger partial charge on any atom is 0.277 e. The maximum absolute atomic E-state index is 12.3. The van der Waals surface area contributed by atoms with Gasteiger partial charge in [0.05, 0.1) is 6.61 Å². The summed E-state index contributed by atoms with van der Waals surface area (Å²) in [5.74, 6) is 2.17. The van der Waals surface area contributed by atoms with Crippen molar-refractivity contribution in [2.75, 3.05) is 6.61 Å². The first-order valence-corrected chi connectivity index (χ1v) is 10.8. The number of hydrogen-bond donors (Lipinski definition) is 1. The number of thioether (sulfide) groups is 1. The smallest absolute Gasteiger partial charge is 0.277 e. The number of aromatic amines is 1. The molecule has 0 unspecified atom stereocenters. The molecule has 1 aliphatic rings. The second-order valence-electron chi connectivity index (χ2n) is 7.04. The Balaban J connectivity index is 1.20. The Morgan fingerprint density at radius 2 is 2.00 bits per heavy atom. The summed E-state index contributed by atoms with van der Waals surface area (Å²) in [5.41, 5.74) is 3.60. The highest BCUT2D eigenvalue weighted by molar-refractivity contribution is 7.98. The lowest BCUT2D eigenvalue weighted by molar-refractivity contribution is 0.302. The molecule has 8 heteroatoms. The van der Waals surface area contributed by atoms with Gasteiger partial charge in [-0.15, -0.1) is 10.2 Å². The third-order valence-corrected chi connectivity index (χ3v) is 5.74. The van der Waals surface area contributed by atoms with Crippen LogP contribution in [0, 0.1) is 0 Å². The molecule has 0 saturated carbocycles. The molecule has 4 aromatic rings. The lowest BCUT2D eigenvalue weighted by Gasteiger charge is -2.06. The van der Waals surface area contributed by atoms with Gasteiger partial charge in [-0.05, 0) is 29.3 Å². The first-order chi connectivity index (χ1) is 15.2. The predicted octanol–water partition coefficient (Wildman–Crippen LogP) is 4.23. The van der Waals surface area contributed by atoms with Crippen molar-refractivity contribution in [3.63, 3.8) is 0 Å². The van der Waals surface area contributed by atoms with Gasteiger partial charge in [-0.2, -0.15) is 0 Å². The van der Waals surface area contributed by atoms with Gasteiger partial charge in [-0.3, -0.25) is 4.79 Å². The Morgan fingerprint density at radius 1 is 1.10 bits per heavy atom. The van der Waals surface area contributed by atoms with Gasteiger partial charge in [-0.1, -0.05) is 42.1 Å². The van der Waals surface area contributed by atoms with E-state index in [1.165, 1.54) is 17.8 Å². The number of hydrogen-bond acceptors (Lipinski definition) is 7. The molecule has 0 fully saturated rings. The lowest BCUT2D eigenvalue weighted by atomic mass is 10.1. The van der Waals surface area contributed by atoms with Crippen LogP contribution < -0.4 is 14.9 Å². The van der Waals surface area contributed by atoms with Gasteiger partial charge in [0.2, 0.25) is 11.3 Å². The minimum Gasteiger partial charge on any atom is -0.493 e. The van der Waals surface area contributed by atoms with Gasteiger partial charge in [0.15, 0.2) is 5.75 Å². The average Bonchev–Trinajstić information content (AvgIpc) is 3.47. The molecule has 0 spiro atoms. The van der Waals surface area contributed by atoms with Crippen LogP contribution in [0.5, 0.6) is 11.5 Å². The normalized spacial score (nSPS) is 12.4. The minimum atomic E-state index is -0.170. The number of fused-ring (bicyclic) bond motifs is 1. The van der Waals surface area contributed by atoms with Crippen LogP contribution in [0.15, 0.2) is 75.2 Å². The van der Waals surface area contributed by atoms with E-state index in [4.69, 9.17) is 13.9 Å². The van der Waals surface area contributed by atoms with E-state index in [9.17, 15) is 4.79 Å². The van der Waals surface area contributed by atoms with Gasteiger partial charge in [-0.25, -0.2) is 0 Å². The number of benzene rings is 2. The largest absolute Gasteiger partial charge is 0.493 e. The summed E-state index contributed by atoms with van der Waals surface area (Å²) in [6, 6.07) is 17.1. The molecular weight excluding hydrogens is 414 g/mol. The summed E-state index contributed by atoms with van der Waals surface area (Å²) >= 11 is 1.36. The van der Waals surface area contributed by atoms with E-state index in [0.29, 0.717) is 35.8 Å². The van der Waals surface area contributed by atoms with Gasteiger partial charge in [0, 0.05) is 35.7 Å². The quantitative estimate of drug-likeness (QED) is 0.436. The first-order valence-electron chi connectivity index (χ1n) is 9.85. The summed E-state index contributed by atoms with van der Waals surface area (Å²) in [6.45, 7) is 1.05. The van der Waals surface area contributed by atoms with E-state index in [2.05, 4.69) is 15.2 Å². The number of nitrogens with zero attached hydrogens (tertiary/aromatic N) is 2. The molecule has 2 aromatic heterocycles. The zero-order chi connectivity index (χ0) is 21.0. The molecular formula is C23H19N3O4S. The van der Waals surface area contributed by atoms with Gasteiger partial charge in [0.25, 0.3) is 5.22 Å². The molecule has 31 heavy (non-hydrogen) atoms. The molecule has 7 nitrogen and oxygen atoms in total. The Morgan fingerprint density at radius 3 is 2.87 bits per heavy atom. The molecule has 0 aliphatic carbocycles. The number of ether oxygens (including phenoxy) is 2. The Bertz CT molecular complexity index is 1250. The van der Waals surface area contributed by atoms with Crippen LogP contribution in [-0.4, -0.2) is 21.8 Å². The maximum atomic E-state index is 12.3. The van der Waals surface area contributed by atoms with Crippen LogP contribution in [-0.2, 0) is 18.8 Å². The molecule has 3 heterocycles. The third kappa shape index (κ3) is 4.49. The fourth-order valence-electron chi connectivity index (χ4n) is 3.28.